The standard InChI is InChI=1S/C19H25ClN2O3/c20-17-9-14(2-4-18(17)23)19(24)22-11-13-1-3-16(22)12-21(10-13)15-5-7-25-8-6-15/h2,4,9,13,15-16,23H,1,3,5-8,10-12H2/t13-,16+/m0/s1. The average Bonchev–Trinajstić information content (AvgIpc) is 2.96. The molecule has 136 valence electrons. The van der Waals surface area contributed by atoms with E-state index in [1.165, 1.54) is 12.5 Å². The quantitative estimate of drug-likeness (QED) is 0.876. The molecule has 1 amide bonds. The molecule has 0 aromatic heterocycles. The second-order valence-electron chi connectivity index (χ2n) is 7.52. The summed E-state index contributed by atoms with van der Waals surface area (Å²) >= 11 is 5.99. The predicted molar refractivity (Wildman–Crippen MR) is 96.1 cm³/mol. The van der Waals surface area contributed by atoms with Crippen LogP contribution in [-0.4, -0.2) is 65.7 Å². The molecule has 4 fully saturated rings. The van der Waals surface area contributed by atoms with E-state index in [9.17, 15) is 9.90 Å². The Hall–Kier alpha value is -1.30. The van der Waals surface area contributed by atoms with Gasteiger partial charge in [0.15, 0.2) is 0 Å². The number of hydrogen-bond donors (Lipinski definition) is 1. The Morgan fingerprint density at radius 3 is 2.64 bits per heavy atom. The molecule has 0 aliphatic carbocycles. The molecule has 2 bridgehead atoms. The van der Waals surface area contributed by atoms with Crippen molar-refractivity contribution in [2.75, 3.05) is 32.8 Å². The summed E-state index contributed by atoms with van der Waals surface area (Å²) in [5, 5.41) is 9.82. The fourth-order valence-electron chi connectivity index (χ4n) is 4.52. The van der Waals surface area contributed by atoms with E-state index in [4.69, 9.17) is 16.3 Å². The van der Waals surface area contributed by atoms with Crippen molar-refractivity contribution in [2.24, 2.45) is 5.92 Å². The second kappa shape index (κ2) is 7.14. The number of rotatable bonds is 2. The molecule has 1 aromatic rings. The van der Waals surface area contributed by atoms with Crippen LogP contribution in [0.25, 0.3) is 0 Å². The highest BCUT2D eigenvalue weighted by molar-refractivity contribution is 6.32. The number of aromatic hydroxyl groups is 1. The average molecular weight is 365 g/mol. The summed E-state index contributed by atoms with van der Waals surface area (Å²) in [6.07, 6.45) is 4.47. The van der Waals surface area contributed by atoms with E-state index in [0.717, 1.165) is 52.1 Å². The van der Waals surface area contributed by atoms with Gasteiger partial charge in [-0.1, -0.05) is 11.6 Å². The van der Waals surface area contributed by atoms with Crippen LogP contribution in [0, 0.1) is 5.92 Å². The van der Waals surface area contributed by atoms with Crippen molar-refractivity contribution in [3.63, 3.8) is 0 Å². The van der Waals surface area contributed by atoms with Gasteiger partial charge in [-0.2, -0.15) is 0 Å². The molecule has 0 saturated carbocycles. The molecule has 1 N–H and O–H groups in total. The van der Waals surface area contributed by atoms with Gasteiger partial charge >= 0.3 is 0 Å². The summed E-state index contributed by atoms with van der Waals surface area (Å²) in [5.41, 5.74) is 0.563. The number of carbonyl (C=O) groups excluding carboxylic acids is 1. The lowest BCUT2D eigenvalue weighted by atomic mass is 9.94. The van der Waals surface area contributed by atoms with Crippen LogP contribution >= 0.6 is 11.6 Å². The summed E-state index contributed by atoms with van der Waals surface area (Å²) < 4.78 is 5.50. The van der Waals surface area contributed by atoms with Gasteiger partial charge in [0, 0.05) is 50.5 Å². The molecular weight excluding hydrogens is 340 g/mol. The molecule has 4 heterocycles. The fraction of sp³-hybridized carbons (Fsp3) is 0.632. The van der Waals surface area contributed by atoms with Crippen molar-refractivity contribution in [3.8, 4) is 5.75 Å². The van der Waals surface area contributed by atoms with E-state index >= 15 is 0 Å². The van der Waals surface area contributed by atoms with Crippen molar-refractivity contribution in [2.45, 2.75) is 37.8 Å². The first-order chi connectivity index (χ1) is 12.1. The molecule has 0 spiro atoms. The summed E-state index contributed by atoms with van der Waals surface area (Å²) in [4.78, 5) is 17.7. The van der Waals surface area contributed by atoms with Crippen molar-refractivity contribution in [1.29, 1.82) is 0 Å². The normalized spacial score (nSPS) is 28.1. The van der Waals surface area contributed by atoms with Crippen LogP contribution in [0.1, 0.15) is 36.0 Å². The van der Waals surface area contributed by atoms with Crippen molar-refractivity contribution >= 4 is 17.5 Å². The molecule has 4 aliphatic heterocycles. The van der Waals surface area contributed by atoms with Crippen LogP contribution in [0.4, 0.5) is 0 Å². The maximum atomic E-state index is 13.0. The Morgan fingerprint density at radius 2 is 1.88 bits per heavy atom. The second-order valence-corrected chi connectivity index (χ2v) is 7.93. The zero-order chi connectivity index (χ0) is 17.4. The number of phenols is 1. The zero-order valence-corrected chi connectivity index (χ0v) is 15.1. The van der Waals surface area contributed by atoms with Crippen LogP contribution in [0.3, 0.4) is 0 Å². The van der Waals surface area contributed by atoms with Crippen molar-refractivity contribution in [3.05, 3.63) is 28.8 Å². The highest BCUT2D eigenvalue weighted by Crippen LogP contribution is 2.32. The lowest BCUT2D eigenvalue weighted by molar-refractivity contribution is 0.0304. The fourth-order valence-corrected chi connectivity index (χ4v) is 4.70. The van der Waals surface area contributed by atoms with E-state index in [1.54, 1.807) is 12.1 Å². The lowest BCUT2D eigenvalue weighted by Gasteiger charge is -2.37. The Balaban J connectivity index is 1.51. The molecule has 0 unspecified atom stereocenters. The minimum absolute atomic E-state index is 0.0151. The van der Waals surface area contributed by atoms with Gasteiger partial charge in [0.25, 0.3) is 5.91 Å². The largest absolute Gasteiger partial charge is 0.506 e. The van der Waals surface area contributed by atoms with Crippen LogP contribution < -0.4 is 0 Å². The smallest absolute Gasteiger partial charge is 0.254 e. The Kier molecular flexibility index (Phi) is 4.89. The summed E-state index contributed by atoms with van der Waals surface area (Å²) in [5.74, 6) is 0.588. The molecule has 5 rings (SSSR count). The van der Waals surface area contributed by atoms with Crippen LogP contribution in [-0.2, 0) is 4.74 Å². The van der Waals surface area contributed by atoms with Gasteiger partial charge in [-0.15, -0.1) is 0 Å². The number of hydrogen-bond acceptors (Lipinski definition) is 4. The molecular formula is C19H25ClN2O3. The van der Waals surface area contributed by atoms with E-state index in [2.05, 4.69) is 4.90 Å². The number of piperidine rings is 1. The highest BCUT2D eigenvalue weighted by Gasteiger charge is 2.39. The minimum Gasteiger partial charge on any atom is -0.506 e. The van der Waals surface area contributed by atoms with Gasteiger partial charge in [-0.3, -0.25) is 9.69 Å². The molecule has 1 aromatic carbocycles. The molecule has 0 radical (unpaired) electrons. The van der Waals surface area contributed by atoms with Crippen LogP contribution in [0.2, 0.25) is 5.02 Å². The summed E-state index contributed by atoms with van der Waals surface area (Å²) in [6.45, 7) is 4.57. The maximum Gasteiger partial charge on any atom is 0.254 e. The number of amides is 1. The number of benzene rings is 1. The third-order valence-corrected chi connectivity index (χ3v) is 6.21. The van der Waals surface area contributed by atoms with Gasteiger partial charge in [0.05, 0.1) is 5.02 Å². The summed E-state index contributed by atoms with van der Waals surface area (Å²) in [7, 11) is 0. The third kappa shape index (κ3) is 3.50. The minimum atomic E-state index is 0.0151. The maximum absolute atomic E-state index is 13.0. The van der Waals surface area contributed by atoms with Crippen molar-refractivity contribution in [1.82, 2.24) is 9.80 Å². The number of phenolic OH excluding ortho intramolecular Hbond substituents is 1. The molecule has 6 heteroatoms. The number of nitrogens with zero attached hydrogens (tertiary/aromatic N) is 2. The molecule has 4 aliphatic rings. The first kappa shape index (κ1) is 17.1. The summed E-state index contributed by atoms with van der Waals surface area (Å²) in [6, 6.07) is 5.60. The highest BCUT2D eigenvalue weighted by atomic mass is 35.5. The van der Waals surface area contributed by atoms with E-state index in [1.807, 2.05) is 4.90 Å². The Morgan fingerprint density at radius 1 is 1.08 bits per heavy atom. The van der Waals surface area contributed by atoms with Gasteiger partial charge in [-0.05, 0) is 49.8 Å². The monoisotopic (exact) mass is 364 g/mol. The topological polar surface area (TPSA) is 53.0 Å². The Bertz CT molecular complexity index is 648. The SMILES string of the molecule is O=C(c1ccc(O)c(Cl)c1)N1C[C@H]2CC[C@@H]1CN(C1CCOCC1)C2. The first-order valence-corrected chi connectivity index (χ1v) is 9.61. The van der Waals surface area contributed by atoms with Gasteiger partial charge in [-0.25, -0.2) is 0 Å². The van der Waals surface area contributed by atoms with Crippen molar-refractivity contribution < 1.29 is 14.6 Å². The van der Waals surface area contributed by atoms with E-state index in [-0.39, 0.29) is 22.7 Å². The number of fused-ring (bicyclic) bond motifs is 4. The number of halogens is 1. The van der Waals surface area contributed by atoms with Gasteiger partial charge < -0.3 is 14.7 Å². The number of carbonyl (C=O) groups is 1. The first-order valence-electron chi connectivity index (χ1n) is 9.23. The molecule has 25 heavy (non-hydrogen) atoms. The zero-order valence-electron chi connectivity index (χ0n) is 14.4. The Labute approximate surface area is 153 Å². The van der Waals surface area contributed by atoms with E-state index in [0.29, 0.717) is 17.5 Å². The predicted octanol–water partition coefficient (Wildman–Crippen LogP) is 2.76. The molecule has 2 atom stereocenters. The van der Waals surface area contributed by atoms with Crippen LogP contribution in [0.5, 0.6) is 5.75 Å². The molecule has 4 saturated heterocycles. The molecule has 5 nitrogen and oxygen atoms in total. The van der Waals surface area contributed by atoms with Gasteiger partial charge in [0.1, 0.15) is 5.75 Å². The van der Waals surface area contributed by atoms with Gasteiger partial charge in [0.2, 0.25) is 0 Å². The number of ether oxygens (including phenoxy) is 1. The van der Waals surface area contributed by atoms with Crippen LogP contribution in [0.15, 0.2) is 18.2 Å². The lowest BCUT2D eigenvalue weighted by Crippen LogP contribution is -2.48. The third-order valence-electron chi connectivity index (χ3n) is 5.90. The van der Waals surface area contributed by atoms with E-state index < -0.39 is 0 Å².